The van der Waals surface area contributed by atoms with Crippen LogP contribution in [0.5, 0.6) is 5.75 Å². The first-order valence-corrected chi connectivity index (χ1v) is 6.31. The van der Waals surface area contributed by atoms with Gasteiger partial charge in [-0.3, -0.25) is 0 Å². The number of rotatable bonds is 3. The average Bonchev–Trinajstić information content (AvgIpc) is 2.34. The fourth-order valence-electron chi connectivity index (χ4n) is 2.21. The highest BCUT2D eigenvalue weighted by Crippen LogP contribution is 2.30. The molecule has 0 amide bonds. The van der Waals surface area contributed by atoms with E-state index in [1.54, 1.807) is 25.3 Å². The average molecular weight is 256 g/mol. The maximum absolute atomic E-state index is 5.93. The molecule has 0 saturated heterocycles. The highest BCUT2D eigenvalue weighted by Gasteiger charge is 2.23. The van der Waals surface area contributed by atoms with Crippen molar-refractivity contribution in [2.45, 2.75) is 37.9 Å². The maximum atomic E-state index is 5.93. The van der Waals surface area contributed by atoms with Crippen LogP contribution in [0.1, 0.15) is 25.7 Å². The number of hydrogen-bond acceptors (Lipinski definition) is 3. The Morgan fingerprint density at radius 2 is 2.06 bits per heavy atom. The maximum Gasteiger partial charge on any atom is 0.144 e. The Labute approximate surface area is 107 Å². The second-order valence-electron chi connectivity index (χ2n) is 4.45. The molecule has 17 heavy (non-hydrogen) atoms. The number of ether oxygens (including phenoxy) is 2. The molecule has 0 bridgehead atoms. The normalized spacial score (nSPS) is 24.6. The van der Waals surface area contributed by atoms with Crippen molar-refractivity contribution in [1.82, 2.24) is 0 Å². The minimum atomic E-state index is 0.175. The quantitative estimate of drug-likeness (QED) is 0.844. The molecule has 2 rings (SSSR count). The molecule has 0 radical (unpaired) electrons. The molecule has 1 aromatic rings. The molecule has 1 saturated carbocycles. The lowest BCUT2D eigenvalue weighted by atomic mass is 9.95. The van der Waals surface area contributed by atoms with Crippen LogP contribution in [0.15, 0.2) is 18.2 Å². The zero-order chi connectivity index (χ0) is 12.3. The number of methoxy groups -OCH3 is 1. The second-order valence-corrected chi connectivity index (χ2v) is 4.88. The summed E-state index contributed by atoms with van der Waals surface area (Å²) in [5.41, 5.74) is 6.49. The zero-order valence-electron chi connectivity index (χ0n) is 9.99. The minimum absolute atomic E-state index is 0.175. The van der Waals surface area contributed by atoms with Gasteiger partial charge < -0.3 is 15.2 Å². The number of nitrogen functional groups attached to an aromatic ring is 1. The summed E-state index contributed by atoms with van der Waals surface area (Å²) in [5.74, 6) is 0.680. The summed E-state index contributed by atoms with van der Waals surface area (Å²) < 4.78 is 11.3. The first kappa shape index (κ1) is 12.5. The van der Waals surface area contributed by atoms with Crippen LogP contribution in [0.3, 0.4) is 0 Å². The smallest absolute Gasteiger partial charge is 0.144 e. The molecule has 0 spiro atoms. The largest absolute Gasteiger partial charge is 0.488 e. The summed E-state index contributed by atoms with van der Waals surface area (Å²) in [6.45, 7) is 0. The van der Waals surface area contributed by atoms with Gasteiger partial charge >= 0.3 is 0 Å². The van der Waals surface area contributed by atoms with E-state index >= 15 is 0 Å². The molecule has 2 N–H and O–H groups in total. The van der Waals surface area contributed by atoms with Gasteiger partial charge in [0.2, 0.25) is 0 Å². The first-order valence-electron chi connectivity index (χ1n) is 5.93. The molecule has 1 fully saturated rings. The van der Waals surface area contributed by atoms with Gasteiger partial charge in [0.1, 0.15) is 11.9 Å². The molecule has 0 heterocycles. The minimum Gasteiger partial charge on any atom is -0.488 e. The summed E-state index contributed by atoms with van der Waals surface area (Å²) in [5, 5.41) is 0.647. The first-order chi connectivity index (χ1) is 8.19. The van der Waals surface area contributed by atoms with Crippen molar-refractivity contribution in [2.75, 3.05) is 12.8 Å². The summed E-state index contributed by atoms with van der Waals surface area (Å²) in [6.07, 6.45) is 4.68. The Balaban J connectivity index is 2.02. The summed E-state index contributed by atoms with van der Waals surface area (Å²) in [7, 11) is 1.75. The Morgan fingerprint density at radius 1 is 1.29 bits per heavy atom. The van der Waals surface area contributed by atoms with E-state index < -0.39 is 0 Å². The van der Waals surface area contributed by atoms with Crippen LogP contribution in [-0.4, -0.2) is 19.3 Å². The molecule has 2 atom stereocenters. The molecular weight excluding hydrogens is 238 g/mol. The molecule has 1 aliphatic carbocycles. The van der Waals surface area contributed by atoms with E-state index in [-0.39, 0.29) is 6.10 Å². The van der Waals surface area contributed by atoms with Crippen LogP contribution in [0, 0.1) is 0 Å². The molecule has 2 unspecified atom stereocenters. The fourth-order valence-corrected chi connectivity index (χ4v) is 2.38. The summed E-state index contributed by atoms with van der Waals surface area (Å²) in [6, 6.07) is 5.31. The highest BCUT2D eigenvalue weighted by atomic mass is 35.5. The third-order valence-corrected chi connectivity index (χ3v) is 3.42. The second kappa shape index (κ2) is 5.61. The van der Waals surface area contributed by atoms with Crippen molar-refractivity contribution >= 4 is 17.3 Å². The molecule has 3 nitrogen and oxygen atoms in total. The van der Waals surface area contributed by atoms with E-state index in [1.807, 2.05) is 0 Å². The Hall–Kier alpha value is -0.930. The Kier molecular flexibility index (Phi) is 4.13. The Morgan fingerprint density at radius 3 is 2.82 bits per heavy atom. The van der Waals surface area contributed by atoms with Crippen LogP contribution in [0.4, 0.5) is 5.69 Å². The fraction of sp³-hybridized carbons (Fsp3) is 0.538. The standard InChI is InChI=1S/C13H18ClNO2/c1-16-10-3-2-4-11(8-10)17-13-7-9(14)5-6-12(13)15/h5-7,10-11H,2-4,8,15H2,1H3. The zero-order valence-corrected chi connectivity index (χ0v) is 10.7. The summed E-state index contributed by atoms with van der Waals surface area (Å²) in [4.78, 5) is 0. The van der Waals surface area contributed by atoms with Crippen LogP contribution in [0.25, 0.3) is 0 Å². The number of anilines is 1. The van der Waals surface area contributed by atoms with Gasteiger partial charge in [0.25, 0.3) is 0 Å². The van der Waals surface area contributed by atoms with Crippen LogP contribution < -0.4 is 10.5 Å². The van der Waals surface area contributed by atoms with Crippen LogP contribution in [0.2, 0.25) is 5.02 Å². The van der Waals surface area contributed by atoms with E-state index in [0.29, 0.717) is 22.6 Å². The molecule has 4 heteroatoms. The predicted molar refractivity (Wildman–Crippen MR) is 69.5 cm³/mol. The van der Waals surface area contributed by atoms with Crippen molar-refractivity contribution < 1.29 is 9.47 Å². The SMILES string of the molecule is COC1CCCC(Oc2cc(Cl)ccc2N)C1. The number of halogens is 1. The number of nitrogens with two attached hydrogens (primary N) is 1. The van der Waals surface area contributed by atoms with E-state index in [0.717, 1.165) is 25.7 Å². The van der Waals surface area contributed by atoms with E-state index in [2.05, 4.69) is 0 Å². The van der Waals surface area contributed by atoms with E-state index in [4.69, 9.17) is 26.8 Å². The van der Waals surface area contributed by atoms with Crippen molar-refractivity contribution in [1.29, 1.82) is 0 Å². The molecule has 1 aliphatic rings. The lowest BCUT2D eigenvalue weighted by Gasteiger charge is -2.29. The molecular formula is C13H18ClNO2. The third kappa shape index (κ3) is 3.27. The van der Waals surface area contributed by atoms with Crippen molar-refractivity contribution in [3.8, 4) is 5.75 Å². The monoisotopic (exact) mass is 255 g/mol. The van der Waals surface area contributed by atoms with Crippen LogP contribution in [-0.2, 0) is 4.74 Å². The molecule has 0 aliphatic heterocycles. The van der Waals surface area contributed by atoms with E-state index in [1.165, 1.54) is 0 Å². The van der Waals surface area contributed by atoms with Crippen molar-refractivity contribution in [3.63, 3.8) is 0 Å². The third-order valence-electron chi connectivity index (χ3n) is 3.18. The van der Waals surface area contributed by atoms with Gasteiger partial charge in [0.05, 0.1) is 11.8 Å². The highest BCUT2D eigenvalue weighted by molar-refractivity contribution is 6.30. The van der Waals surface area contributed by atoms with Gasteiger partial charge in [-0.1, -0.05) is 11.6 Å². The van der Waals surface area contributed by atoms with Crippen LogP contribution >= 0.6 is 11.6 Å². The number of hydrogen-bond donors (Lipinski definition) is 1. The molecule has 0 aromatic heterocycles. The lowest BCUT2D eigenvalue weighted by Crippen LogP contribution is -2.29. The van der Waals surface area contributed by atoms with Gasteiger partial charge in [-0.25, -0.2) is 0 Å². The topological polar surface area (TPSA) is 44.5 Å². The van der Waals surface area contributed by atoms with Gasteiger partial charge in [-0.2, -0.15) is 0 Å². The molecule has 1 aromatic carbocycles. The number of benzene rings is 1. The summed E-state index contributed by atoms with van der Waals surface area (Å²) >= 11 is 5.93. The van der Waals surface area contributed by atoms with Gasteiger partial charge in [-0.15, -0.1) is 0 Å². The van der Waals surface area contributed by atoms with Gasteiger partial charge in [0.15, 0.2) is 0 Å². The Bertz CT molecular complexity index is 384. The van der Waals surface area contributed by atoms with Gasteiger partial charge in [0, 0.05) is 24.6 Å². The molecule has 94 valence electrons. The van der Waals surface area contributed by atoms with E-state index in [9.17, 15) is 0 Å². The van der Waals surface area contributed by atoms with Crippen molar-refractivity contribution in [2.24, 2.45) is 0 Å². The predicted octanol–water partition coefficient (Wildman–Crippen LogP) is 3.26. The lowest BCUT2D eigenvalue weighted by molar-refractivity contribution is 0.0212. The van der Waals surface area contributed by atoms with Crippen molar-refractivity contribution in [3.05, 3.63) is 23.2 Å². The van der Waals surface area contributed by atoms with Gasteiger partial charge in [-0.05, 0) is 31.4 Å².